The molecular formula is C36H43N3O3. The van der Waals surface area contributed by atoms with Crippen molar-refractivity contribution in [3.8, 4) is 17.0 Å². The van der Waals surface area contributed by atoms with Crippen molar-refractivity contribution in [2.45, 2.75) is 78.1 Å². The smallest absolute Gasteiger partial charge is 0.256 e. The standard InChI is InChI=1S/C36H43N3O3/c1-4-5-6-7-8-9-10-11-12-16-35(40)37-28-14-13-15-29(24-28)38-36(41)32-25-34(27-18-20-30(42-3)21-19-27)39-33-22-17-26(2)23-31(32)33/h13-15,17-25H,4-12,16H2,1-3H3,(H,37,40)(H,38,41). The van der Waals surface area contributed by atoms with Crippen molar-refractivity contribution in [1.82, 2.24) is 4.98 Å². The summed E-state index contributed by atoms with van der Waals surface area (Å²) >= 11 is 0. The number of amides is 2. The molecule has 2 N–H and O–H groups in total. The minimum atomic E-state index is -0.235. The molecule has 0 atom stereocenters. The van der Waals surface area contributed by atoms with E-state index in [2.05, 4.69) is 17.6 Å². The van der Waals surface area contributed by atoms with E-state index in [0.717, 1.165) is 40.6 Å². The number of ether oxygens (including phenoxy) is 1. The highest BCUT2D eigenvalue weighted by molar-refractivity contribution is 6.13. The number of anilines is 2. The molecule has 6 nitrogen and oxygen atoms in total. The molecule has 1 aromatic heterocycles. The first-order chi connectivity index (χ1) is 20.5. The molecule has 6 heteroatoms. The van der Waals surface area contributed by atoms with Crippen molar-refractivity contribution in [1.29, 1.82) is 0 Å². The fraction of sp³-hybridized carbons (Fsp3) is 0.361. The number of pyridine rings is 1. The van der Waals surface area contributed by atoms with Gasteiger partial charge in [-0.3, -0.25) is 9.59 Å². The fourth-order valence-electron chi connectivity index (χ4n) is 5.13. The van der Waals surface area contributed by atoms with Crippen LogP contribution in [0.4, 0.5) is 11.4 Å². The van der Waals surface area contributed by atoms with Gasteiger partial charge in [-0.15, -0.1) is 0 Å². The number of fused-ring (bicyclic) bond motifs is 1. The topological polar surface area (TPSA) is 80.3 Å². The van der Waals surface area contributed by atoms with Crippen LogP contribution in [0.15, 0.2) is 72.8 Å². The summed E-state index contributed by atoms with van der Waals surface area (Å²) in [7, 11) is 1.63. The Morgan fingerprint density at radius 1 is 0.762 bits per heavy atom. The van der Waals surface area contributed by atoms with Gasteiger partial charge in [0.2, 0.25) is 5.91 Å². The van der Waals surface area contributed by atoms with Crippen LogP contribution >= 0.6 is 0 Å². The summed E-state index contributed by atoms with van der Waals surface area (Å²) in [6, 6.07) is 22.7. The molecular weight excluding hydrogens is 522 g/mol. The number of unbranched alkanes of at least 4 members (excludes halogenated alkanes) is 8. The van der Waals surface area contributed by atoms with Crippen molar-refractivity contribution >= 4 is 34.1 Å². The zero-order valence-electron chi connectivity index (χ0n) is 25.2. The molecule has 2 amide bonds. The lowest BCUT2D eigenvalue weighted by molar-refractivity contribution is -0.116. The van der Waals surface area contributed by atoms with Crippen molar-refractivity contribution in [2.75, 3.05) is 17.7 Å². The number of benzene rings is 3. The number of methoxy groups -OCH3 is 1. The van der Waals surface area contributed by atoms with Gasteiger partial charge >= 0.3 is 0 Å². The van der Waals surface area contributed by atoms with Crippen molar-refractivity contribution < 1.29 is 14.3 Å². The SMILES string of the molecule is CCCCCCCCCCCC(=O)Nc1cccc(NC(=O)c2cc(-c3ccc(OC)cc3)nc3ccc(C)cc23)c1. The van der Waals surface area contributed by atoms with Gasteiger partial charge < -0.3 is 15.4 Å². The Balaban J connectivity index is 1.39. The highest BCUT2D eigenvalue weighted by Gasteiger charge is 2.15. The van der Waals surface area contributed by atoms with E-state index in [1.807, 2.05) is 73.7 Å². The Labute approximate surface area is 249 Å². The Kier molecular flexibility index (Phi) is 11.5. The molecule has 0 aliphatic heterocycles. The van der Waals surface area contributed by atoms with Crippen molar-refractivity contribution in [2.24, 2.45) is 0 Å². The lowest BCUT2D eigenvalue weighted by atomic mass is 10.0. The predicted molar refractivity (Wildman–Crippen MR) is 173 cm³/mol. The summed E-state index contributed by atoms with van der Waals surface area (Å²) in [5, 5.41) is 6.80. The first-order valence-electron chi connectivity index (χ1n) is 15.2. The molecule has 3 aromatic carbocycles. The largest absolute Gasteiger partial charge is 0.497 e. The number of carbonyl (C=O) groups is 2. The van der Waals surface area contributed by atoms with Crippen LogP contribution in [-0.2, 0) is 4.79 Å². The van der Waals surface area contributed by atoms with E-state index >= 15 is 0 Å². The van der Waals surface area contributed by atoms with Crippen LogP contribution < -0.4 is 15.4 Å². The van der Waals surface area contributed by atoms with E-state index in [9.17, 15) is 9.59 Å². The predicted octanol–water partition coefficient (Wildman–Crippen LogP) is 9.33. The first-order valence-corrected chi connectivity index (χ1v) is 15.2. The number of nitrogens with zero attached hydrogens (tertiary/aromatic N) is 1. The number of nitrogens with one attached hydrogen (secondary N) is 2. The van der Waals surface area contributed by atoms with E-state index in [4.69, 9.17) is 9.72 Å². The molecule has 220 valence electrons. The second kappa shape index (κ2) is 15.7. The maximum atomic E-state index is 13.6. The molecule has 0 spiro atoms. The number of rotatable bonds is 15. The van der Waals surface area contributed by atoms with Crippen LogP contribution in [0.25, 0.3) is 22.2 Å². The van der Waals surface area contributed by atoms with E-state index in [-0.39, 0.29) is 11.8 Å². The molecule has 0 unspecified atom stereocenters. The third-order valence-electron chi connectivity index (χ3n) is 7.51. The van der Waals surface area contributed by atoms with Crippen LogP contribution in [-0.4, -0.2) is 23.9 Å². The summed E-state index contributed by atoms with van der Waals surface area (Å²) < 4.78 is 5.29. The third kappa shape index (κ3) is 8.90. The molecule has 0 fully saturated rings. The monoisotopic (exact) mass is 565 g/mol. The Bertz CT molecular complexity index is 1480. The maximum Gasteiger partial charge on any atom is 0.256 e. The number of hydrogen-bond donors (Lipinski definition) is 2. The zero-order chi connectivity index (χ0) is 29.7. The molecule has 0 saturated heterocycles. The van der Waals surface area contributed by atoms with Gasteiger partial charge in [0.1, 0.15) is 5.75 Å². The lowest BCUT2D eigenvalue weighted by Gasteiger charge is -2.13. The molecule has 42 heavy (non-hydrogen) atoms. The van der Waals surface area contributed by atoms with E-state index in [1.54, 1.807) is 13.2 Å². The van der Waals surface area contributed by atoms with Gasteiger partial charge in [0.05, 0.1) is 23.9 Å². The van der Waals surface area contributed by atoms with Crippen LogP contribution in [0.3, 0.4) is 0 Å². The minimum Gasteiger partial charge on any atom is -0.497 e. The summed E-state index contributed by atoms with van der Waals surface area (Å²) in [4.78, 5) is 31.0. The molecule has 4 rings (SSSR count). The highest BCUT2D eigenvalue weighted by Crippen LogP contribution is 2.28. The van der Waals surface area contributed by atoms with Gasteiger partial charge in [0.25, 0.3) is 5.91 Å². The van der Waals surface area contributed by atoms with Gasteiger partial charge in [0.15, 0.2) is 0 Å². The normalized spacial score (nSPS) is 10.9. The lowest BCUT2D eigenvalue weighted by Crippen LogP contribution is -2.14. The van der Waals surface area contributed by atoms with Gasteiger partial charge in [-0.2, -0.15) is 0 Å². The highest BCUT2D eigenvalue weighted by atomic mass is 16.5. The first kappa shape index (κ1) is 30.8. The quantitative estimate of drug-likeness (QED) is 0.141. The molecule has 0 radical (unpaired) electrons. The molecule has 0 aliphatic rings. The number of aryl methyl sites for hydroxylation is 1. The average Bonchev–Trinajstić information content (AvgIpc) is 3.00. The van der Waals surface area contributed by atoms with E-state index in [1.165, 1.54) is 44.9 Å². The number of aromatic nitrogens is 1. The number of hydrogen-bond acceptors (Lipinski definition) is 4. The van der Waals surface area contributed by atoms with Crippen LogP contribution in [0.1, 0.15) is 87.1 Å². The van der Waals surface area contributed by atoms with Crippen LogP contribution in [0.5, 0.6) is 5.75 Å². The zero-order valence-corrected chi connectivity index (χ0v) is 25.2. The number of carbonyl (C=O) groups excluding carboxylic acids is 2. The van der Waals surface area contributed by atoms with E-state index in [0.29, 0.717) is 29.1 Å². The Morgan fingerprint density at radius 3 is 2.12 bits per heavy atom. The Hall–Kier alpha value is -4.19. The molecule has 1 heterocycles. The van der Waals surface area contributed by atoms with Gasteiger partial charge in [-0.05, 0) is 74.0 Å². The van der Waals surface area contributed by atoms with Crippen LogP contribution in [0, 0.1) is 6.92 Å². The van der Waals surface area contributed by atoms with Crippen molar-refractivity contribution in [3.05, 3.63) is 83.9 Å². The minimum absolute atomic E-state index is 0.00107. The molecule has 0 saturated carbocycles. The maximum absolute atomic E-state index is 13.6. The van der Waals surface area contributed by atoms with Crippen molar-refractivity contribution in [3.63, 3.8) is 0 Å². The summed E-state index contributed by atoms with van der Waals surface area (Å²) in [5.41, 5.74) is 5.21. The third-order valence-corrected chi connectivity index (χ3v) is 7.51. The van der Waals surface area contributed by atoms with Gasteiger partial charge in [0, 0.05) is 28.7 Å². The Morgan fingerprint density at radius 2 is 1.43 bits per heavy atom. The van der Waals surface area contributed by atoms with Crippen LogP contribution in [0.2, 0.25) is 0 Å². The fourth-order valence-corrected chi connectivity index (χ4v) is 5.13. The molecule has 0 aliphatic carbocycles. The van der Waals surface area contributed by atoms with Gasteiger partial charge in [-0.25, -0.2) is 4.98 Å². The molecule has 0 bridgehead atoms. The second-order valence-corrected chi connectivity index (χ2v) is 11.0. The van der Waals surface area contributed by atoms with E-state index < -0.39 is 0 Å². The summed E-state index contributed by atoms with van der Waals surface area (Å²) in [6.07, 6.45) is 11.5. The summed E-state index contributed by atoms with van der Waals surface area (Å²) in [5.74, 6) is 0.523. The van der Waals surface area contributed by atoms with Gasteiger partial charge in [-0.1, -0.05) is 76.0 Å². The molecule has 4 aromatic rings. The second-order valence-electron chi connectivity index (χ2n) is 11.0. The average molecular weight is 566 g/mol. The summed E-state index contributed by atoms with van der Waals surface area (Å²) in [6.45, 7) is 4.24.